The highest BCUT2D eigenvalue weighted by atomic mass is 16.2. The molecule has 0 radical (unpaired) electrons. The first kappa shape index (κ1) is 17.3. The lowest BCUT2D eigenvalue weighted by Gasteiger charge is -2.29. The second-order valence-electron chi connectivity index (χ2n) is 6.59. The molecule has 1 fully saturated rings. The minimum atomic E-state index is -0.196. The highest BCUT2D eigenvalue weighted by Crippen LogP contribution is 2.25. The van der Waals surface area contributed by atoms with Crippen LogP contribution in [0.1, 0.15) is 26.2 Å². The molecule has 134 valence electrons. The Kier molecular flexibility index (Phi) is 5.87. The summed E-state index contributed by atoms with van der Waals surface area (Å²) >= 11 is 0. The third-order valence-corrected chi connectivity index (χ3v) is 4.36. The third kappa shape index (κ3) is 4.95. The van der Waals surface area contributed by atoms with Crippen LogP contribution in [-0.4, -0.2) is 40.4 Å². The largest absolute Gasteiger partial charge is 0.355 e. The molecule has 3 rings (SSSR count). The van der Waals surface area contributed by atoms with Gasteiger partial charge in [0.15, 0.2) is 5.82 Å². The van der Waals surface area contributed by atoms with E-state index in [1.807, 2.05) is 29.1 Å². The maximum atomic E-state index is 12.3. The second-order valence-corrected chi connectivity index (χ2v) is 6.59. The molecule has 2 aromatic heterocycles. The lowest BCUT2D eigenvalue weighted by atomic mass is 10.1. The van der Waals surface area contributed by atoms with Gasteiger partial charge in [-0.15, -0.1) is 0 Å². The zero-order chi connectivity index (χ0) is 17.5. The van der Waals surface area contributed by atoms with E-state index in [4.69, 9.17) is 0 Å². The zero-order valence-corrected chi connectivity index (χ0v) is 14.7. The Bertz CT molecular complexity index is 666. The van der Waals surface area contributed by atoms with E-state index >= 15 is 0 Å². The van der Waals surface area contributed by atoms with E-state index in [0.29, 0.717) is 12.5 Å². The van der Waals surface area contributed by atoms with E-state index in [9.17, 15) is 4.79 Å². The van der Waals surface area contributed by atoms with Crippen LogP contribution in [0.25, 0.3) is 0 Å². The SMILES string of the molecule is C[C@H](CNC(=O)Nc1cccnc1N1CCCCC1)Cn1cccn1. The van der Waals surface area contributed by atoms with Crippen molar-refractivity contribution in [3.8, 4) is 0 Å². The topological polar surface area (TPSA) is 75.1 Å². The molecule has 7 heteroatoms. The number of pyridine rings is 1. The van der Waals surface area contributed by atoms with Crippen molar-refractivity contribution in [3.05, 3.63) is 36.8 Å². The number of nitrogens with zero attached hydrogens (tertiary/aromatic N) is 4. The van der Waals surface area contributed by atoms with Crippen molar-refractivity contribution in [3.63, 3.8) is 0 Å². The predicted octanol–water partition coefficient (Wildman–Crippen LogP) is 2.73. The summed E-state index contributed by atoms with van der Waals surface area (Å²) in [6.07, 6.45) is 9.08. The fraction of sp³-hybridized carbons (Fsp3) is 0.500. The van der Waals surface area contributed by atoms with Crippen LogP contribution < -0.4 is 15.5 Å². The van der Waals surface area contributed by atoms with Crippen LogP contribution in [0.2, 0.25) is 0 Å². The van der Waals surface area contributed by atoms with E-state index in [2.05, 4.69) is 32.5 Å². The Balaban J connectivity index is 1.52. The van der Waals surface area contributed by atoms with Crippen LogP contribution in [0.3, 0.4) is 0 Å². The number of carbonyl (C=O) groups excluding carboxylic acids is 1. The molecule has 0 unspecified atom stereocenters. The molecule has 1 saturated heterocycles. The second kappa shape index (κ2) is 8.50. The minimum absolute atomic E-state index is 0.196. The lowest BCUT2D eigenvalue weighted by Crippen LogP contribution is -2.35. The standard InChI is InChI=1S/C18H26N6O/c1-15(14-24-12-6-9-21-24)13-20-18(25)22-16-7-5-8-19-17(16)23-10-3-2-4-11-23/h5-9,12,15H,2-4,10-11,13-14H2,1H3,(H2,20,22,25)/t15-/m1/s1. The molecule has 1 aliphatic heterocycles. The molecule has 3 heterocycles. The first-order valence-corrected chi connectivity index (χ1v) is 8.94. The summed E-state index contributed by atoms with van der Waals surface area (Å²) in [5.41, 5.74) is 0.765. The van der Waals surface area contributed by atoms with Gasteiger partial charge in [-0.25, -0.2) is 9.78 Å². The number of rotatable bonds is 6. The fourth-order valence-corrected chi connectivity index (χ4v) is 3.08. The summed E-state index contributed by atoms with van der Waals surface area (Å²) in [6, 6.07) is 5.46. The predicted molar refractivity (Wildman–Crippen MR) is 98.7 cm³/mol. The number of aromatic nitrogens is 3. The van der Waals surface area contributed by atoms with Crippen LogP contribution in [-0.2, 0) is 6.54 Å². The van der Waals surface area contributed by atoms with Crippen molar-refractivity contribution in [2.24, 2.45) is 5.92 Å². The summed E-state index contributed by atoms with van der Waals surface area (Å²) in [4.78, 5) is 19.0. The van der Waals surface area contributed by atoms with Gasteiger partial charge in [0.1, 0.15) is 0 Å². The Morgan fingerprint density at radius 3 is 2.84 bits per heavy atom. The number of amides is 2. The molecule has 7 nitrogen and oxygen atoms in total. The van der Waals surface area contributed by atoms with Crippen LogP contribution >= 0.6 is 0 Å². The summed E-state index contributed by atoms with van der Waals surface area (Å²) < 4.78 is 1.87. The van der Waals surface area contributed by atoms with Gasteiger partial charge in [-0.3, -0.25) is 4.68 Å². The summed E-state index contributed by atoms with van der Waals surface area (Å²) in [6.45, 7) is 5.44. The average Bonchev–Trinajstić information content (AvgIpc) is 3.14. The maximum Gasteiger partial charge on any atom is 0.319 e. The van der Waals surface area contributed by atoms with Crippen molar-refractivity contribution < 1.29 is 4.79 Å². The highest BCUT2D eigenvalue weighted by Gasteiger charge is 2.17. The van der Waals surface area contributed by atoms with E-state index in [0.717, 1.165) is 31.1 Å². The van der Waals surface area contributed by atoms with Crippen LogP contribution in [0.4, 0.5) is 16.3 Å². The molecule has 2 amide bonds. The van der Waals surface area contributed by atoms with Gasteiger partial charge in [-0.05, 0) is 43.4 Å². The van der Waals surface area contributed by atoms with Gasteiger partial charge in [0, 0.05) is 44.8 Å². The van der Waals surface area contributed by atoms with Crippen LogP contribution in [0, 0.1) is 5.92 Å². The fourth-order valence-electron chi connectivity index (χ4n) is 3.08. The Morgan fingerprint density at radius 1 is 1.24 bits per heavy atom. The number of hydrogen-bond acceptors (Lipinski definition) is 4. The third-order valence-electron chi connectivity index (χ3n) is 4.36. The van der Waals surface area contributed by atoms with Gasteiger partial charge in [0.05, 0.1) is 5.69 Å². The molecule has 2 aromatic rings. The van der Waals surface area contributed by atoms with E-state index in [1.165, 1.54) is 19.3 Å². The molecule has 0 spiro atoms. The number of anilines is 2. The monoisotopic (exact) mass is 342 g/mol. The van der Waals surface area contributed by atoms with Gasteiger partial charge in [0.25, 0.3) is 0 Å². The number of piperidine rings is 1. The van der Waals surface area contributed by atoms with Gasteiger partial charge < -0.3 is 15.5 Å². The number of carbonyl (C=O) groups is 1. The van der Waals surface area contributed by atoms with Crippen molar-refractivity contribution >= 4 is 17.5 Å². The maximum absolute atomic E-state index is 12.3. The molecular weight excluding hydrogens is 316 g/mol. The number of nitrogens with one attached hydrogen (secondary N) is 2. The molecule has 25 heavy (non-hydrogen) atoms. The zero-order valence-electron chi connectivity index (χ0n) is 14.7. The van der Waals surface area contributed by atoms with Crippen molar-refractivity contribution in [2.75, 3.05) is 29.9 Å². The Morgan fingerprint density at radius 2 is 2.08 bits per heavy atom. The van der Waals surface area contributed by atoms with Gasteiger partial charge in [0.2, 0.25) is 0 Å². The van der Waals surface area contributed by atoms with Gasteiger partial charge in [-0.2, -0.15) is 5.10 Å². The molecule has 0 aromatic carbocycles. The highest BCUT2D eigenvalue weighted by molar-refractivity contribution is 5.92. The van der Waals surface area contributed by atoms with E-state index in [-0.39, 0.29) is 6.03 Å². The van der Waals surface area contributed by atoms with Crippen LogP contribution in [0.5, 0.6) is 0 Å². The first-order valence-electron chi connectivity index (χ1n) is 8.94. The summed E-state index contributed by atoms with van der Waals surface area (Å²) in [7, 11) is 0. The van der Waals surface area contributed by atoms with Crippen molar-refractivity contribution in [1.82, 2.24) is 20.1 Å². The van der Waals surface area contributed by atoms with Gasteiger partial charge in [-0.1, -0.05) is 6.92 Å². The van der Waals surface area contributed by atoms with E-state index < -0.39 is 0 Å². The van der Waals surface area contributed by atoms with E-state index in [1.54, 1.807) is 12.4 Å². The van der Waals surface area contributed by atoms with Crippen molar-refractivity contribution in [2.45, 2.75) is 32.7 Å². The van der Waals surface area contributed by atoms with Crippen molar-refractivity contribution in [1.29, 1.82) is 0 Å². The molecule has 2 N–H and O–H groups in total. The number of hydrogen-bond donors (Lipinski definition) is 2. The average molecular weight is 342 g/mol. The molecule has 0 aliphatic carbocycles. The smallest absolute Gasteiger partial charge is 0.319 e. The minimum Gasteiger partial charge on any atom is -0.355 e. The summed E-state index contributed by atoms with van der Waals surface area (Å²) in [5.74, 6) is 1.16. The molecule has 1 atom stereocenters. The number of urea groups is 1. The first-order chi connectivity index (χ1) is 12.2. The normalized spacial score (nSPS) is 15.6. The lowest BCUT2D eigenvalue weighted by molar-refractivity contribution is 0.249. The molecule has 1 aliphatic rings. The van der Waals surface area contributed by atoms with Gasteiger partial charge >= 0.3 is 6.03 Å². The Labute approximate surface area is 148 Å². The molecular formula is C18H26N6O. The van der Waals surface area contributed by atoms with Crippen LogP contribution in [0.15, 0.2) is 36.8 Å². The quantitative estimate of drug-likeness (QED) is 0.846. The molecule has 0 bridgehead atoms. The summed E-state index contributed by atoms with van der Waals surface area (Å²) in [5, 5.41) is 10.1. The molecule has 0 saturated carbocycles. The Hall–Kier alpha value is -2.57.